The quantitative estimate of drug-likeness (QED) is 0.763. The highest BCUT2D eigenvalue weighted by Crippen LogP contribution is 2.12. The maximum absolute atomic E-state index is 13.0. The Balaban J connectivity index is 2.58. The first-order valence-corrected chi connectivity index (χ1v) is 5.47. The van der Waals surface area contributed by atoms with Gasteiger partial charge in [-0.05, 0) is 31.0 Å². The molecule has 1 aromatic rings. The van der Waals surface area contributed by atoms with Gasteiger partial charge >= 0.3 is 0 Å². The molecular weight excluding hydrogens is 205 g/mol. The highest BCUT2D eigenvalue weighted by Gasteiger charge is 2.05. The standard InChI is InChI=1S/C13H16FNO/c1-3-4-10(2)16-9-11-5-6-13(14)12(7-11)8-15/h5-7,10H,3-4,9H2,1-2H3. The molecule has 16 heavy (non-hydrogen) atoms. The van der Waals surface area contributed by atoms with Crippen molar-refractivity contribution in [2.75, 3.05) is 0 Å². The van der Waals surface area contributed by atoms with Crippen LogP contribution < -0.4 is 0 Å². The molecule has 1 atom stereocenters. The van der Waals surface area contributed by atoms with E-state index in [0.717, 1.165) is 18.4 Å². The van der Waals surface area contributed by atoms with Crippen molar-refractivity contribution in [3.05, 3.63) is 35.1 Å². The van der Waals surface area contributed by atoms with Crippen LogP contribution in [0.3, 0.4) is 0 Å². The number of rotatable bonds is 5. The van der Waals surface area contributed by atoms with Crippen molar-refractivity contribution in [3.8, 4) is 6.07 Å². The van der Waals surface area contributed by atoms with Gasteiger partial charge < -0.3 is 4.74 Å². The molecule has 0 aliphatic carbocycles. The molecule has 0 aliphatic heterocycles. The van der Waals surface area contributed by atoms with Crippen molar-refractivity contribution >= 4 is 0 Å². The Morgan fingerprint density at radius 3 is 2.88 bits per heavy atom. The number of halogens is 1. The number of ether oxygens (including phenoxy) is 1. The van der Waals surface area contributed by atoms with Gasteiger partial charge in [-0.25, -0.2) is 4.39 Å². The molecule has 0 aromatic heterocycles. The molecule has 0 fully saturated rings. The minimum Gasteiger partial charge on any atom is -0.374 e. The fourth-order valence-electron chi connectivity index (χ4n) is 1.48. The molecule has 0 N–H and O–H groups in total. The molecule has 86 valence electrons. The second-order valence-corrected chi connectivity index (χ2v) is 3.84. The van der Waals surface area contributed by atoms with E-state index < -0.39 is 5.82 Å². The van der Waals surface area contributed by atoms with Gasteiger partial charge in [0.25, 0.3) is 0 Å². The molecule has 0 amide bonds. The molecule has 1 aromatic carbocycles. The summed E-state index contributed by atoms with van der Waals surface area (Å²) in [5, 5.41) is 8.67. The summed E-state index contributed by atoms with van der Waals surface area (Å²) < 4.78 is 18.6. The molecule has 1 unspecified atom stereocenters. The van der Waals surface area contributed by atoms with Crippen LogP contribution in [0.4, 0.5) is 4.39 Å². The molecule has 0 spiro atoms. The summed E-state index contributed by atoms with van der Waals surface area (Å²) in [6, 6.07) is 6.31. The van der Waals surface area contributed by atoms with E-state index in [1.807, 2.05) is 13.0 Å². The van der Waals surface area contributed by atoms with E-state index in [2.05, 4.69) is 6.92 Å². The Labute approximate surface area is 95.7 Å². The highest BCUT2D eigenvalue weighted by atomic mass is 19.1. The van der Waals surface area contributed by atoms with E-state index in [1.54, 1.807) is 6.07 Å². The number of nitrogens with zero attached hydrogens (tertiary/aromatic N) is 1. The average Bonchev–Trinajstić information content (AvgIpc) is 2.28. The minimum atomic E-state index is -0.479. The predicted octanol–water partition coefficient (Wildman–Crippen LogP) is 3.40. The monoisotopic (exact) mass is 221 g/mol. The maximum Gasteiger partial charge on any atom is 0.140 e. The summed E-state index contributed by atoms with van der Waals surface area (Å²) in [6.45, 7) is 4.54. The number of hydrogen-bond acceptors (Lipinski definition) is 2. The maximum atomic E-state index is 13.0. The summed E-state index contributed by atoms with van der Waals surface area (Å²) >= 11 is 0. The zero-order valence-corrected chi connectivity index (χ0v) is 9.66. The molecule has 0 saturated carbocycles. The van der Waals surface area contributed by atoms with Crippen LogP contribution in [0, 0.1) is 17.1 Å². The molecule has 0 bridgehead atoms. The SMILES string of the molecule is CCCC(C)OCc1ccc(F)c(C#N)c1. The largest absolute Gasteiger partial charge is 0.374 e. The van der Waals surface area contributed by atoms with Crippen LogP contribution >= 0.6 is 0 Å². The normalized spacial score (nSPS) is 12.1. The highest BCUT2D eigenvalue weighted by molar-refractivity contribution is 5.34. The zero-order valence-electron chi connectivity index (χ0n) is 9.66. The van der Waals surface area contributed by atoms with E-state index in [4.69, 9.17) is 10.00 Å². The van der Waals surface area contributed by atoms with Gasteiger partial charge in [0.1, 0.15) is 11.9 Å². The molecule has 0 saturated heterocycles. The van der Waals surface area contributed by atoms with Gasteiger partial charge in [0.05, 0.1) is 18.3 Å². The summed E-state index contributed by atoms with van der Waals surface area (Å²) in [5.74, 6) is -0.479. The van der Waals surface area contributed by atoms with Gasteiger partial charge in [-0.1, -0.05) is 19.4 Å². The topological polar surface area (TPSA) is 33.0 Å². The Kier molecular flexibility index (Phi) is 4.94. The predicted molar refractivity (Wildman–Crippen MR) is 60.3 cm³/mol. The zero-order chi connectivity index (χ0) is 12.0. The van der Waals surface area contributed by atoms with Crippen molar-refractivity contribution in [2.45, 2.75) is 39.4 Å². The Bertz CT molecular complexity index is 384. The molecule has 3 heteroatoms. The first-order valence-electron chi connectivity index (χ1n) is 5.47. The number of benzene rings is 1. The van der Waals surface area contributed by atoms with Crippen molar-refractivity contribution in [2.24, 2.45) is 0 Å². The molecule has 1 rings (SSSR count). The third kappa shape index (κ3) is 3.63. The Hall–Kier alpha value is -1.40. The summed E-state index contributed by atoms with van der Waals surface area (Å²) in [4.78, 5) is 0. The van der Waals surface area contributed by atoms with E-state index >= 15 is 0 Å². The number of nitriles is 1. The summed E-state index contributed by atoms with van der Waals surface area (Å²) in [7, 11) is 0. The number of hydrogen-bond donors (Lipinski definition) is 0. The van der Waals surface area contributed by atoms with Crippen molar-refractivity contribution in [1.82, 2.24) is 0 Å². The summed E-state index contributed by atoms with van der Waals surface area (Å²) in [5.41, 5.74) is 0.908. The fraction of sp³-hybridized carbons (Fsp3) is 0.462. The third-order valence-corrected chi connectivity index (χ3v) is 2.38. The van der Waals surface area contributed by atoms with Crippen molar-refractivity contribution < 1.29 is 9.13 Å². The molecule has 2 nitrogen and oxygen atoms in total. The van der Waals surface area contributed by atoms with Gasteiger partial charge in [0.2, 0.25) is 0 Å². The van der Waals surface area contributed by atoms with Gasteiger partial charge in [0.15, 0.2) is 0 Å². The average molecular weight is 221 g/mol. The minimum absolute atomic E-state index is 0.0734. The van der Waals surface area contributed by atoms with Crippen LogP contribution in [-0.2, 0) is 11.3 Å². The fourth-order valence-corrected chi connectivity index (χ4v) is 1.48. The van der Waals surface area contributed by atoms with Gasteiger partial charge in [0, 0.05) is 0 Å². The second-order valence-electron chi connectivity index (χ2n) is 3.84. The second kappa shape index (κ2) is 6.24. The lowest BCUT2D eigenvalue weighted by Gasteiger charge is -2.11. The Morgan fingerprint density at radius 1 is 1.50 bits per heavy atom. The first-order chi connectivity index (χ1) is 7.67. The van der Waals surface area contributed by atoms with Crippen LogP contribution in [0.5, 0.6) is 0 Å². The van der Waals surface area contributed by atoms with Crippen LogP contribution in [0.25, 0.3) is 0 Å². The van der Waals surface area contributed by atoms with Crippen molar-refractivity contribution in [3.63, 3.8) is 0 Å². The van der Waals surface area contributed by atoms with Crippen LogP contribution in [0.2, 0.25) is 0 Å². The van der Waals surface area contributed by atoms with Gasteiger partial charge in [-0.15, -0.1) is 0 Å². The van der Waals surface area contributed by atoms with Crippen LogP contribution in [0.1, 0.15) is 37.8 Å². The molecular formula is C13H16FNO. The first kappa shape index (κ1) is 12.7. The lowest BCUT2D eigenvalue weighted by Crippen LogP contribution is -2.07. The third-order valence-electron chi connectivity index (χ3n) is 2.38. The van der Waals surface area contributed by atoms with E-state index in [1.165, 1.54) is 12.1 Å². The van der Waals surface area contributed by atoms with Gasteiger partial charge in [-0.2, -0.15) is 5.26 Å². The van der Waals surface area contributed by atoms with Crippen LogP contribution in [0.15, 0.2) is 18.2 Å². The Morgan fingerprint density at radius 2 is 2.25 bits per heavy atom. The van der Waals surface area contributed by atoms with Crippen molar-refractivity contribution in [1.29, 1.82) is 5.26 Å². The molecule has 0 aliphatic rings. The van der Waals surface area contributed by atoms with E-state index in [0.29, 0.717) is 6.61 Å². The smallest absolute Gasteiger partial charge is 0.140 e. The van der Waals surface area contributed by atoms with E-state index in [-0.39, 0.29) is 11.7 Å². The molecule has 0 radical (unpaired) electrons. The lowest BCUT2D eigenvalue weighted by atomic mass is 10.1. The lowest BCUT2D eigenvalue weighted by molar-refractivity contribution is 0.0471. The summed E-state index contributed by atoms with van der Waals surface area (Å²) in [6.07, 6.45) is 2.28. The van der Waals surface area contributed by atoms with E-state index in [9.17, 15) is 4.39 Å². The van der Waals surface area contributed by atoms with Crippen LogP contribution in [-0.4, -0.2) is 6.10 Å². The molecule has 0 heterocycles. The van der Waals surface area contributed by atoms with Gasteiger partial charge in [-0.3, -0.25) is 0 Å².